The zero-order chi connectivity index (χ0) is 20.1. The van der Waals surface area contributed by atoms with Gasteiger partial charge in [0.15, 0.2) is 5.82 Å². The smallest absolute Gasteiger partial charge is 0.320 e. The fourth-order valence-corrected chi connectivity index (χ4v) is 4.19. The van der Waals surface area contributed by atoms with Crippen molar-refractivity contribution in [1.82, 2.24) is 14.9 Å². The number of benzene rings is 1. The van der Waals surface area contributed by atoms with Crippen LogP contribution in [0.4, 0.5) is 13.2 Å². The van der Waals surface area contributed by atoms with Crippen molar-refractivity contribution in [3.63, 3.8) is 0 Å². The van der Waals surface area contributed by atoms with E-state index in [2.05, 4.69) is 14.9 Å². The van der Waals surface area contributed by atoms with Gasteiger partial charge in [-0.15, -0.1) is 0 Å². The summed E-state index contributed by atoms with van der Waals surface area (Å²) < 4.78 is 53.6. The molecule has 1 aromatic heterocycles. The Morgan fingerprint density at radius 2 is 2.04 bits per heavy atom. The lowest BCUT2D eigenvalue weighted by Crippen LogP contribution is -2.43. The van der Waals surface area contributed by atoms with Crippen molar-refractivity contribution in [2.24, 2.45) is 0 Å². The highest BCUT2D eigenvalue weighted by Gasteiger charge is 2.49. The van der Waals surface area contributed by atoms with E-state index in [1.807, 2.05) is 20.8 Å². The van der Waals surface area contributed by atoms with Crippen molar-refractivity contribution < 1.29 is 22.6 Å². The van der Waals surface area contributed by atoms with Crippen LogP contribution < -0.4 is 9.47 Å². The van der Waals surface area contributed by atoms with E-state index in [0.29, 0.717) is 13.0 Å². The number of aromatic nitrogens is 2. The Balaban J connectivity index is 1.67. The first-order valence-electron chi connectivity index (χ1n) is 9.53. The monoisotopic (exact) mass is 395 g/mol. The van der Waals surface area contributed by atoms with E-state index in [1.165, 1.54) is 0 Å². The Hall–Kier alpha value is -2.09. The number of alkyl halides is 1. The average molecular weight is 395 g/mol. The maximum absolute atomic E-state index is 14.3. The molecule has 0 radical (unpaired) electrons. The summed E-state index contributed by atoms with van der Waals surface area (Å²) in [5, 5.41) is 0.144. The highest BCUT2D eigenvalue weighted by Crippen LogP contribution is 2.40. The first kappa shape index (κ1) is 19.2. The van der Waals surface area contributed by atoms with Gasteiger partial charge in [-0.25, -0.2) is 13.2 Å². The molecule has 0 aliphatic carbocycles. The normalized spacial score (nSPS) is 25.3. The summed E-state index contributed by atoms with van der Waals surface area (Å²) in [6.45, 7) is 6.91. The molecule has 2 atom stereocenters. The Bertz CT molecular complexity index is 902. The summed E-state index contributed by atoms with van der Waals surface area (Å²) >= 11 is 0. The summed E-state index contributed by atoms with van der Waals surface area (Å²) in [6.07, 6.45) is 1.36. The van der Waals surface area contributed by atoms with Crippen molar-refractivity contribution >= 4 is 10.9 Å². The number of halogens is 3. The average Bonchev–Trinajstić information content (AvgIpc) is 3.08. The molecule has 0 saturated carbocycles. The number of rotatable bonds is 4. The van der Waals surface area contributed by atoms with Gasteiger partial charge in [0, 0.05) is 19.0 Å². The fourth-order valence-electron chi connectivity index (χ4n) is 4.19. The molecule has 0 N–H and O–H groups in total. The third-order valence-electron chi connectivity index (χ3n) is 5.30. The molecule has 2 saturated heterocycles. The van der Waals surface area contributed by atoms with E-state index < -0.39 is 23.4 Å². The Morgan fingerprint density at radius 3 is 2.79 bits per heavy atom. The molecular weight excluding hydrogens is 371 g/mol. The van der Waals surface area contributed by atoms with Gasteiger partial charge < -0.3 is 9.47 Å². The molecule has 0 unspecified atom stereocenters. The van der Waals surface area contributed by atoms with Crippen LogP contribution >= 0.6 is 0 Å². The minimum Gasteiger partial charge on any atom is -0.471 e. The van der Waals surface area contributed by atoms with Gasteiger partial charge in [0.05, 0.1) is 10.9 Å². The SMILES string of the molecule is CC(C)(C)Oc1nc(OC[C@@]23CCCN2C[C@H](F)C3)nc2c(F)cc(F)cc12. The molecule has 4 rings (SSSR count). The van der Waals surface area contributed by atoms with Crippen LogP contribution in [0.2, 0.25) is 0 Å². The standard InChI is InChI=1S/C20H24F3N3O2/c1-19(2,3)28-17-14-7-12(21)8-15(23)16(14)24-18(25-17)27-11-20-5-4-6-26(20)10-13(22)9-20/h7-8,13H,4-6,9-11H2,1-3H3/t13-,20+/m1/s1. The molecular formula is C20H24F3N3O2. The topological polar surface area (TPSA) is 47.5 Å². The van der Waals surface area contributed by atoms with E-state index in [9.17, 15) is 13.2 Å². The van der Waals surface area contributed by atoms with Crippen molar-refractivity contribution in [3.05, 3.63) is 23.8 Å². The van der Waals surface area contributed by atoms with E-state index >= 15 is 0 Å². The second-order valence-corrected chi connectivity index (χ2v) is 8.67. The summed E-state index contributed by atoms with van der Waals surface area (Å²) in [5.74, 6) is -1.49. The predicted molar refractivity (Wildman–Crippen MR) is 98.4 cm³/mol. The molecule has 2 aromatic rings. The molecule has 0 amide bonds. The lowest BCUT2D eigenvalue weighted by atomic mass is 9.95. The third kappa shape index (κ3) is 3.62. The number of ether oxygens (including phenoxy) is 2. The molecule has 152 valence electrons. The van der Waals surface area contributed by atoms with Crippen molar-refractivity contribution in [2.75, 3.05) is 19.7 Å². The van der Waals surface area contributed by atoms with Crippen LogP contribution in [0.1, 0.15) is 40.0 Å². The molecule has 28 heavy (non-hydrogen) atoms. The number of hydrogen-bond acceptors (Lipinski definition) is 5. The molecule has 5 nitrogen and oxygen atoms in total. The largest absolute Gasteiger partial charge is 0.471 e. The van der Waals surface area contributed by atoms with Crippen LogP contribution in [-0.2, 0) is 0 Å². The van der Waals surface area contributed by atoms with Crippen molar-refractivity contribution in [3.8, 4) is 11.9 Å². The van der Waals surface area contributed by atoms with E-state index in [4.69, 9.17) is 9.47 Å². The zero-order valence-corrected chi connectivity index (χ0v) is 16.3. The Labute approximate surface area is 161 Å². The van der Waals surface area contributed by atoms with Crippen molar-refractivity contribution in [2.45, 2.75) is 57.3 Å². The minimum absolute atomic E-state index is 0.0548. The van der Waals surface area contributed by atoms with E-state index in [0.717, 1.165) is 31.5 Å². The second-order valence-electron chi connectivity index (χ2n) is 8.67. The first-order chi connectivity index (χ1) is 13.2. The minimum atomic E-state index is -0.873. The first-order valence-corrected chi connectivity index (χ1v) is 9.53. The third-order valence-corrected chi connectivity index (χ3v) is 5.30. The van der Waals surface area contributed by atoms with Crippen LogP contribution in [-0.4, -0.2) is 51.9 Å². The number of nitrogens with zero attached hydrogens (tertiary/aromatic N) is 3. The number of fused-ring (bicyclic) bond motifs is 2. The van der Waals surface area contributed by atoms with Crippen LogP contribution in [0.5, 0.6) is 11.9 Å². The van der Waals surface area contributed by atoms with E-state index in [1.54, 1.807) is 0 Å². The zero-order valence-electron chi connectivity index (χ0n) is 16.3. The van der Waals surface area contributed by atoms with E-state index in [-0.39, 0.29) is 34.9 Å². The maximum atomic E-state index is 14.3. The van der Waals surface area contributed by atoms with Gasteiger partial charge >= 0.3 is 6.01 Å². The molecule has 3 heterocycles. The lowest BCUT2D eigenvalue weighted by Gasteiger charge is -2.31. The van der Waals surface area contributed by atoms with Crippen molar-refractivity contribution in [1.29, 1.82) is 0 Å². The van der Waals surface area contributed by atoms with Gasteiger partial charge in [0.1, 0.15) is 29.7 Å². The van der Waals surface area contributed by atoms with Gasteiger partial charge in [-0.1, -0.05) is 0 Å². The summed E-state index contributed by atoms with van der Waals surface area (Å²) in [6, 6.07) is 1.86. The molecule has 0 bridgehead atoms. The molecule has 0 spiro atoms. The summed E-state index contributed by atoms with van der Waals surface area (Å²) in [5.41, 5.74) is -1.07. The van der Waals surface area contributed by atoms with Crippen LogP contribution in [0, 0.1) is 11.6 Å². The fraction of sp³-hybridized carbons (Fsp3) is 0.600. The van der Waals surface area contributed by atoms with Crippen LogP contribution in [0.25, 0.3) is 10.9 Å². The van der Waals surface area contributed by atoms with Crippen LogP contribution in [0.15, 0.2) is 12.1 Å². The Morgan fingerprint density at radius 1 is 1.25 bits per heavy atom. The quantitative estimate of drug-likeness (QED) is 0.782. The Kier molecular flexibility index (Phi) is 4.64. The summed E-state index contributed by atoms with van der Waals surface area (Å²) in [7, 11) is 0. The lowest BCUT2D eigenvalue weighted by molar-refractivity contribution is 0.102. The van der Waals surface area contributed by atoms with Gasteiger partial charge in [-0.2, -0.15) is 9.97 Å². The molecule has 2 aliphatic heterocycles. The van der Waals surface area contributed by atoms with Gasteiger partial charge in [0.2, 0.25) is 5.88 Å². The number of hydrogen-bond donors (Lipinski definition) is 0. The molecule has 8 heteroatoms. The molecule has 2 aliphatic rings. The molecule has 2 fully saturated rings. The maximum Gasteiger partial charge on any atom is 0.320 e. The molecule has 1 aromatic carbocycles. The van der Waals surface area contributed by atoms with Crippen LogP contribution in [0.3, 0.4) is 0 Å². The second kappa shape index (κ2) is 6.76. The highest BCUT2D eigenvalue weighted by molar-refractivity contribution is 5.84. The van der Waals surface area contributed by atoms with Gasteiger partial charge in [0.25, 0.3) is 0 Å². The van der Waals surface area contributed by atoms with Gasteiger partial charge in [-0.05, 0) is 46.2 Å². The van der Waals surface area contributed by atoms with Gasteiger partial charge in [-0.3, -0.25) is 4.90 Å². The predicted octanol–water partition coefficient (Wildman–Crippen LogP) is 4.04. The summed E-state index contributed by atoms with van der Waals surface area (Å²) in [4.78, 5) is 10.5. The highest BCUT2D eigenvalue weighted by atomic mass is 19.1.